The molecule has 168 valence electrons. The lowest BCUT2D eigenvalue weighted by atomic mass is 9.98. The van der Waals surface area contributed by atoms with Gasteiger partial charge >= 0.3 is 0 Å². The summed E-state index contributed by atoms with van der Waals surface area (Å²) in [5, 5.41) is 10.1. The molecule has 7 heteroatoms. The Kier molecular flexibility index (Phi) is 6.99. The van der Waals surface area contributed by atoms with E-state index in [9.17, 15) is 4.79 Å². The molecular weight excluding hydrogens is 418 g/mol. The third-order valence-corrected chi connectivity index (χ3v) is 5.37. The number of para-hydroxylation sites is 1. The van der Waals surface area contributed by atoms with Crippen LogP contribution in [0.3, 0.4) is 0 Å². The number of carbonyl (C=O) groups excluding carboxylic acids is 1. The lowest BCUT2D eigenvalue weighted by Crippen LogP contribution is -2.30. The van der Waals surface area contributed by atoms with Crippen molar-refractivity contribution in [2.24, 2.45) is 10.3 Å². The average molecular weight is 444 g/mol. The molecule has 1 aliphatic heterocycles. The Hall–Kier alpha value is -4.13. The number of hydrazone groups is 1. The Bertz CT molecular complexity index is 1140. The molecule has 0 bridgehead atoms. The normalized spacial score (nSPS) is 15.4. The van der Waals surface area contributed by atoms with Gasteiger partial charge in [0.05, 0.1) is 32.2 Å². The maximum Gasteiger partial charge on any atom is 0.283 e. The molecule has 33 heavy (non-hydrogen) atoms. The first-order valence-corrected chi connectivity index (χ1v) is 10.6. The number of ether oxygens (including phenoxy) is 2. The van der Waals surface area contributed by atoms with Crippen LogP contribution in [0.4, 0.5) is 0 Å². The lowest BCUT2D eigenvalue weighted by Gasteiger charge is -2.21. The number of amides is 1. The number of benzene rings is 3. The van der Waals surface area contributed by atoms with Crippen molar-refractivity contribution in [1.82, 2.24) is 5.01 Å². The van der Waals surface area contributed by atoms with Gasteiger partial charge in [-0.1, -0.05) is 59.8 Å². The van der Waals surface area contributed by atoms with Gasteiger partial charge in [-0.2, -0.15) is 5.10 Å². The number of nitrogens with zero attached hydrogens (tertiary/aromatic N) is 3. The fraction of sp³-hybridized carbons (Fsp3) is 0.192. The van der Waals surface area contributed by atoms with Crippen molar-refractivity contribution < 1.29 is 19.1 Å². The molecule has 0 saturated carbocycles. The maximum atomic E-state index is 13.0. The van der Waals surface area contributed by atoms with Crippen LogP contribution in [0.25, 0.3) is 0 Å². The average Bonchev–Trinajstić information content (AvgIpc) is 3.33. The van der Waals surface area contributed by atoms with Gasteiger partial charge < -0.3 is 14.3 Å². The van der Waals surface area contributed by atoms with Crippen LogP contribution in [-0.2, 0) is 9.63 Å². The van der Waals surface area contributed by atoms with Crippen molar-refractivity contribution in [2.75, 3.05) is 20.8 Å². The topological polar surface area (TPSA) is 72.7 Å². The summed E-state index contributed by atoms with van der Waals surface area (Å²) in [6, 6.07) is 24.7. The van der Waals surface area contributed by atoms with E-state index in [1.807, 2.05) is 78.9 Å². The zero-order chi connectivity index (χ0) is 23.0. The Labute approximate surface area is 192 Å². The monoisotopic (exact) mass is 443 g/mol. The fourth-order valence-corrected chi connectivity index (χ4v) is 3.66. The van der Waals surface area contributed by atoms with Gasteiger partial charge in [-0.3, -0.25) is 4.79 Å². The van der Waals surface area contributed by atoms with E-state index in [1.165, 1.54) is 11.2 Å². The zero-order valence-electron chi connectivity index (χ0n) is 18.5. The second-order valence-corrected chi connectivity index (χ2v) is 7.39. The van der Waals surface area contributed by atoms with Crippen molar-refractivity contribution in [1.29, 1.82) is 0 Å². The van der Waals surface area contributed by atoms with Gasteiger partial charge in [0.25, 0.3) is 5.91 Å². The molecule has 1 aliphatic rings. The first-order chi connectivity index (χ1) is 16.2. The molecule has 0 aliphatic carbocycles. The lowest BCUT2D eigenvalue weighted by molar-refractivity contribution is -0.137. The molecule has 0 aromatic heterocycles. The Morgan fingerprint density at radius 3 is 2.45 bits per heavy atom. The van der Waals surface area contributed by atoms with Gasteiger partial charge in [-0.15, -0.1) is 0 Å². The summed E-state index contributed by atoms with van der Waals surface area (Å²) >= 11 is 0. The third kappa shape index (κ3) is 5.20. The van der Waals surface area contributed by atoms with Crippen molar-refractivity contribution in [3.8, 4) is 11.5 Å². The molecule has 0 saturated heterocycles. The second kappa shape index (κ2) is 10.5. The van der Waals surface area contributed by atoms with Crippen molar-refractivity contribution in [3.05, 3.63) is 95.6 Å². The highest BCUT2D eigenvalue weighted by Crippen LogP contribution is 2.33. The SMILES string of the molecule is COc1ccc(C2CC(c3ccccc3)=NN2C(=O)CO/N=C/c2ccccc2OC)cc1. The first kappa shape index (κ1) is 22.1. The number of methoxy groups -OCH3 is 2. The summed E-state index contributed by atoms with van der Waals surface area (Å²) in [6.45, 7) is -0.232. The van der Waals surface area contributed by atoms with Crippen LogP contribution in [0.5, 0.6) is 11.5 Å². The van der Waals surface area contributed by atoms with Crippen LogP contribution in [0.1, 0.15) is 29.2 Å². The molecule has 1 amide bonds. The highest BCUT2D eigenvalue weighted by Gasteiger charge is 2.33. The minimum absolute atomic E-state index is 0.232. The predicted octanol–water partition coefficient (Wildman–Crippen LogP) is 4.43. The van der Waals surface area contributed by atoms with E-state index >= 15 is 0 Å². The van der Waals surface area contributed by atoms with E-state index in [4.69, 9.17) is 14.3 Å². The van der Waals surface area contributed by atoms with E-state index in [1.54, 1.807) is 14.2 Å². The number of carbonyl (C=O) groups is 1. The minimum atomic E-state index is -0.279. The quantitative estimate of drug-likeness (QED) is 0.381. The van der Waals surface area contributed by atoms with Crippen molar-refractivity contribution in [2.45, 2.75) is 12.5 Å². The van der Waals surface area contributed by atoms with Gasteiger partial charge in [0, 0.05) is 12.0 Å². The van der Waals surface area contributed by atoms with Crippen LogP contribution < -0.4 is 9.47 Å². The minimum Gasteiger partial charge on any atom is -0.497 e. The van der Waals surface area contributed by atoms with E-state index in [2.05, 4.69) is 10.3 Å². The summed E-state index contributed by atoms with van der Waals surface area (Å²) in [6.07, 6.45) is 2.13. The standard InChI is InChI=1S/C26H25N3O4/c1-31-22-14-12-20(13-15-22)24-16-23(19-8-4-3-5-9-19)28-29(24)26(30)18-33-27-17-21-10-6-7-11-25(21)32-2/h3-15,17,24H,16,18H2,1-2H3/b27-17+. The molecule has 3 aromatic carbocycles. The molecule has 3 aromatic rings. The predicted molar refractivity (Wildman–Crippen MR) is 127 cm³/mol. The van der Waals surface area contributed by atoms with Gasteiger partial charge in [-0.25, -0.2) is 5.01 Å². The summed E-state index contributed by atoms with van der Waals surface area (Å²) in [5.74, 6) is 1.15. The Morgan fingerprint density at radius 2 is 1.73 bits per heavy atom. The van der Waals surface area contributed by atoms with Crippen LogP contribution in [0.2, 0.25) is 0 Å². The van der Waals surface area contributed by atoms with Gasteiger partial charge in [0.1, 0.15) is 11.5 Å². The first-order valence-electron chi connectivity index (χ1n) is 10.6. The van der Waals surface area contributed by atoms with Gasteiger partial charge in [0.15, 0.2) is 6.61 Å². The van der Waals surface area contributed by atoms with Crippen LogP contribution in [-0.4, -0.2) is 43.7 Å². The molecule has 4 rings (SSSR count). The highest BCUT2D eigenvalue weighted by atomic mass is 16.6. The summed E-state index contributed by atoms with van der Waals surface area (Å²) in [7, 11) is 3.21. The van der Waals surface area contributed by atoms with Crippen LogP contribution in [0.15, 0.2) is 89.1 Å². The Balaban J connectivity index is 1.50. The largest absolute Gasteiger partial charge is 0.497 e. The van der Waals surface area contributed by atoms with Crippen molar-refractivity contribution >= 4 is 17.8 Å². The summed E-state index contributed by atoms with van der Waals surface area (Å²) < 4.78 is 10.6. The molecule has 1 atom stereocenters. The second-order valence-electron chi connectivity index (χ2n) is 7.39. The summed E-state index contributed by atoms with van der Waals surface area (Å²) in [5.41, 5.74) is 3.56. The van der Waals surface area contributed by atoms with E-state index in [-0.39, 0.29) is 18.6 Å². The van der Waals surface area contributed by atoms with E-state index in [0.717, 1.165) is 28.2 Å². The smallest absolute Gasteiger partial charge is 0.283 e. The number of hydrogen-bond donors (Lipinski definition) is 0. The molecule has 1 heterocycles. The molecule has 7 nitrogen and oxygen atoms in total. The van der Waals surface area contributed by atoms with Crippen molar-refractivity contribution in [3.63, 3.8) is 0 Å². The third-order valence-electron chi connectivity index (χ3n) is 5.37. The van der Waals surface area contributed by atoms with E-state index in [0.29, 0.717) is 12.2 Å². The highest BCUT2D eigenvalue weighted by molar-refractivity contribution is 6.03. The molecule has 1 unspecified atom stereocenters. The number of hydrogen-bond acceptors (Lipinski definition) is 6. The van der Waals surface area contributed by atoms with E-state index < -0.39 is 0 Å². The summed E-state index contributed by atoms with van der Waals surface area (Å²) in [4.78, 5) is 18.3. The number of rotatable bonds is 8. The molecule has 0 fully saturated rings. The molecule has 0 spiro atoms. The van der Waals surface area contributed by atoms with Crippen LogP contribution >= 0.6 is 0 Å². The van der Waals surface area contributed by atoms with Gasteiger partial charge in [0.2, 0.25) is 0 Å². The molecular formula is C26H25N3O4. The zero-order valence-corrected chi connectivity index (χ0v) is 18.5. The molecule has 0 radical (unpaired) electrons. The van der Waals surface area contributed by atoms with Gasteiger partial charge in [-0.05, 0) is 35.4 Å². The maximum absolute atomic E-state index is 13.0. The fourth-order valence-electron chi connectivity index (χ4n) is 3.66. The Morgan fingerprint density at radius 1 is 1.00 bits per heavy atom. The number of oxime groups is 1. The molecule has 0 N–H and O–H groups in total. The van der Waals surface area contributed by atoms with Crippen LogP contribution in [0, 0.1) is 0 Å².